The number of ether oxygens (including phenoxy) is 1. The van der Waals surface area contributed by atoms with Gasteiger partial charge >= 0.3 is 5.97 Å². The first-order valence-corrected chi connectivity index (χ1v) is 7.98. The van der Waals surface area contributed by atoms with Crippen LogP contribution >= 0.6 is 12.4 Å². The summed E-state index contributed by atoms with van der Waals surface area (Å²) >= 11 is 0. The van der Waals surface area contributed by atoms with Gasteiger partial charge in [-0.05, 0) is 19.3 Å². The first kappa shape index (κ1) is 21.7. The zero-order valence-corrected chi connectivity index (χ0v) is 14.5. The van der Waals surface area contributed by atoms with E-state index in [2.05, 4.69) is 15.4 Å². The van der Waals surface area contributed by atoms with Gasteiger partial charge < -0.3 is 21.1 Å². The second kappa shape index (κ2) is 12.1. The molecular formula is C15H28ClN3O4. The number of nitrogens with two attached hydrogens (primary N) is 1. The topological polar surface area (TPSA) is 111 Å². The van der Waals surface area contributed by atoms with Crippen LogP contribution in [0.4, 0.5) is 0 Å². The summed E-state index contributed by atoms with van der Waals surface area (Å²) in [7, 11) is 0. The third kappa shape index (κ3) is 9.40. The van der Waals surface area contributed by atoms with Crippen LogP contribution < -0.4 is 16.4 Å². The van der Waals surface area contributed by atoms with Crippen LogP contribution in [-0.2, 0) is 19.1 Å². The molecule has 0 saturated heterocycles. The first-order valence-electron chi connectivity index (χ1n) is 7.98. The van der Waals surface area contributed by atoms with Crippen LogP contribution in [0.15, 0.2) is 0 Å². The minimum atomic E-state index is -0.582. The summed E-state index contributed by atoms with van der Waals surface area (Å²) in [6.45, 7) is 1.57. The van der Waals surface area contributed by atoms with Crippen LogP contribution in [-0.4, -0.2) is 43.5 Å². The van der Waals surface area contributed by atoms with E-state index in [0.29, 0.717) is 12.3 Å². The molecule has 134 valence electrons. The molecule has 1 saturated carbocycles. The van der Waals surface area contributed by atoms with Gasteiger partial charge in [-0.15, -0.1) is 12.4 Å². The van der Waals surface area contributed by atoms with Gasteiger partial charge in [0.25, 0.3) is 0 Å². The SMILES string of the molecule is CCOC(=O)CNC(=O)CNC(=O)[C@@H](N)CC1CCCCC1.Cl. The van der Waals surface area contributed by atoms with E-state index < -0.39 is 17.9 Å². The summed E-state index contributed by atoms with van der Waals surface area (Å²) in [5.74, 6) is -0.758. The van der Waals surface area contributed by atoms with Crippen LogP contribution in [0.2, 0.25) is 0 Å². The largest absolute Gasteiger partial charge is 0.465 e. The Morgan fingerprint density at radius 2 is 1.78 bits per heavy atom. The lowest BCUT2D eigenvalue weighted by Gasteiger charge is -2.24. The minimum absolute atomic E-state index is 0. The van der Waals surface area contributed by atoms with Crippen molar-refractivity contribution < 1.29 is 19.1 Å². The lowest BCUT2D eigenvalue weighted by molar-refractivity contribution is -0.143. The van der Waals surface area contributed by atoms with Gasteiger partial charge in [-0.3, -0.25) is 14.4 Å². The summed E-state index contributed by atoms with van der Waals surface area (Å²) < 4.78 is 4.68. The second-order valence-corrected chi connectivity index (χ2v) is 5.65. The molecule has 0 spiro atoms. The van der Waals surface area contributed by atoms with Gasteiger partial charge in [0.1, 0.15) is 6.54 Å². The fourth-order valence-electron chi connectivity index (χ4n) is 2.63. The van der Waals surface area contributed by atoms with Crippen LogP contribution in [0, 0.1) is 5.92 Å². The van der Waals surface area contributed by atoms with Gasteiger partial charge in [0.15, 0.2) is 0 Å². The molecule has 0 radical (unpaired) electrons. The maximum Gasteiger partial charge on any atom is 0.325 e. The number of carbonyl (C=O) groups is 3. The average Bonchev–Trinajstić information content (AvgIpc) is 2.51. The molecule has 1 aliphatic carbocycles. The molecule has 4 N–H and O–H groups in total. The molecule has 1 aliphatic rings. The number of carbonyl (C=O) groups excluding carboxylic acids is 3. The Balaban J connectivity index is 0.00000484. The van der Waals surface area contributed by atoms with E-state index >= 15 is 0 Å². The smallest absolute Gasteiger partial charge is 0.325 e. The molecule has 23 heavy (non-hydrogen) atoms. The molecule has 1 atom stereocenters. The number of amides is 2. The summed E-state index contributed by atoms with van der Waals surface area (Å²) in [5.41, 5.74) is 5.88. The van der Waals surface area contributed by atoms with E-state index in [0.717, 1.165) is 12.8 Å². The van der Waals surface area contributed by atoms with E-state index in [-0.39, 0.29) is 38.0 Å². The standard InChI is InChI=1S/C15H27N3O4.ClH/c1-2-22-14(20)10-17-13(19)9-18-15(21)12(16)8-11-6-4-3-5-7-11;/h11-12H,2-10,16H2,1H3,(H,17,19)(H,18,21);1H/t12-;/m0./s1. The Hall–Kier alpha value is -1.34. The van der Waals surface area contributed by atoms with Crippen molar-refractivity contribution in [2.24, 2.45) is 11.7 Å². The van der Waals surface area contributed by atoms with Crippen LogP contribution in [0.3, 0.4) is 0 Å². The number of esters is 1. The number of halogens is 1. The molecule has 0 aliphatic heterocycles. The molecule has 2 amide bonds. The first-order chi connectivity index (χ1) is 10.5. The highest BCUT2D eigenvalue weighted by Crippen LogP contribution is 2.26. The van der Waals surface area contributed by atoms with Crippen LogP contribution in [0.25, 0.3) is 0 Å². The van der Waals surface area contributed by atoms with Gasteiger partial charge in [-0.1, -0.05) is 32.1 Å². The quantitative estimate of drug-likeness (QED) is 0.553. The number of rotatable bonds is 8. The van der Waals surface area contributed by atoms with Crippen molar-refractivity contribution in [2.45, 2.75) is 51.5 Å². The molecule has 0 heterocycles. The Morgan fingerprint density at radius 3 is 2.39 bits per heavy atom. The highest BCUT2D eigenvalue weighted by molar-refractivity contribution is 5.88. The number of hydrogen-bond donors (Lipinski definition) is 3. The average molecular weight is 350 g/mol. The van der Waals surface area contributed by atoms with Gasteiger partial charge in [-0.25, -0.2) is 0 Å². The van der Waals surface area contributed by atoms with Gasteiger partial charge in [0.05, 0.1) is 19.2 Å². The number of hydrogen-bond acceptors (Lipinski definition) is 5. The summed E-state index contributed by atoms with van der Waals surface area (Å²) in [6.07, 6.45) is 6.58. The monoisotopic (exact) mass is 349 g/mol. The Kier molecular flexibility index (Phi) is 11.4. The molecule has 0 aromatic carbocycles. The molecule has 0 unspecified atom stereocenters. The Morgan fingerprint density at radius 1 is 1.13 bits per heavy atom. The van der Waals surface area contributed by atoms with Crippen molar-refractivity contribution in [3.8, 4) is 0 Å². The molecule has 0 bridgehead atoms. The number of nitrogens with one attached hydrogen (secondary N) is 2. The fraction of sp³-hybridized carbons (Fsp3) is 0.800. The van der Waals surface area contributed by atoms with Crippen molar-refractivity contribution in [3.63, 3.8) is 0 Å². The molecule has 0 aromatic rings. The zero-order valence-electron chi connectivity index (χ0n) is 13.6. The van der Waals surface area contributed by atoms with Crippen molar-refractivity contribution >= 4 is 30.2 Å². The highest BCUT2D eigenvalue weighted by atomic mass is 35.5. The van der Waals surface area contributed by atoms with Gasteiger partial charge in [-0.2, -0.15) is 0 Å². The van der Waals surface area contributed by atoms with Gasteiger partial charge in [0, 0.05) is 0 Å². The molecular weight excluding hydrogens is 322 g/mol. The zero-order chi connectivity index (χ0) is 16.4. The summed E-state index contributed by atoms with van der Waals surface area (Å²) in [4.78, 5) is 34.4. The normalized spacial score (nSPS) is 15.9. The van der Waals surface area contributed by atoms with E-state index in [9.17, 15) is 14.4 Å². The predicted octanol–water partition coefficient (Wildman–Crippen LogP) is 0.501. The lowest BCUT2D eigenvalue weighted by Crippen LogP contribution is -2.46. The molecule has 1 fully saturated rings. The van der Waals surface area contributed by atoms with E-state index in [1.807, 2.05) is 0 Å². The third-order valence-corrected chi connectivity index (χ3v) is 3.81. The van der Waals surface area contributed by atoms with Crippen LogP contribution in [0.1, 0.15) is 45.4 Å². The molecule has 7 nitrogen and oxygen atoms in total. The summed E-state index contributed by atoms with van der Waals surface area (Å²) in [5, 5.41) is 4.87. The third-order valence-electron chi connectivity index (χ3n) is 3.81. The van der Waals surface area contributed by atoms with E-state index in [1.54, 1.807) is 6.92 Å². The van der Waals surface area contributed by atoms with Crippen molar-refractivity contribution in [3.05, 3.63) is 0 Å². The molecule has 0 aromatic heterocycles. The minimum Gasteiger partial charge on any atom is -0.465 e. The van der Waals surface area contributed by atoms with Gasteiger partial charge in [0.2, 0.25) is 11.8 Å². The van der Waals surface area contributed by atoms with E-state index in [4.69, 9.17) is 5.73 Å². The maximum atomic E-state index is 11.9. The second-order valence-electron chi connectivity index (χ2n) is 5.65. The predicted molar refractivity (Wildman–Crippen MR) is 89.1 cm³/mol. The van der Waals surface area contributed by atoms with E-state index in [1.165, 1.54) is 19.3 Å². The summed E-state index contributed by atoms with van der Waals surface area (Å²) in [6, 6.07) is -0.582. The highest BCUT2D eigenvalue weighted by Gasteiger charge is 2.21. The Labute approximate surface area is 143 Å². The van der Waals surface area contributed by atoms with Crippen molar-refractivity contribution in [2.75, 3.05) is 19.7 Å². The van der Waals surface area contributed by atoms with Crippen LogP contribution in [0.5, 0.6) is 0 Å². The maximum absolute atomic E-state index is 11.9. The molecule has 8 heteroatoms. The molecule has 1 rings (SSSR count). The lowest BCUT2D eigenvalue weighted by atomic mass is 9.85. The van der Waals surface area contributed by atoms with Crippen molar-refractivity contribution in [1.29, 1.82) is 0 Å². The Bertz CT molecular complexity index is 387. The fourth-order valence-corrected chi connectivity index (χ4v) is 2.63. The van der Waals surface area contributed by atoms with Crippen molar-refractivity contribution in [1.82, 2.24) is 10.6 Å².